The molecule has 0 saturated carbocycles. The number of hydrogen-bond donors (Lipinski definition) is 0. The summed E-state index contributed by atoms with van der Waals surface area (Å²) in [6.07, 6.45) is 1.73. The van der Waals surface area contributed by atoms with Gasteiger partial charge in [0.25, 0.3) is 11.8 Å². The Hall–Kier alpha value is -2.46. The van der Waals surface area contributed by atoms with Crippen molar-refractivity contribution in [2.45, 2.75) is 25.0 Å². The lowest BCUT2D eigenvalue weighted by atomic mass is 10.1. The number of hydrogen-bond acceptors (Lipinski definition) is 3. The van der Waals surface area contributed by atoms with Crippen molar-refractivity contribution in [2.75, 3.05) is 6.54 Å². The predicted octanol–water partition coefficient (Wildman–Crippen LogP) is 3.20. The van der Waals surface area contributed by atoms with Crippen LogP contribution in [-0.2, 0) is 4.74 Å². The maximum atomic E-state index is 12.4. The van der Waals surface area contributed by atoms with Gasteiger partial charge in [0.1, 0.15) is 0 Å². The number of carbonyl (C=O) groups is 2. The molecule has 0 spiro atoms. The SMILES string of the molecule is O=C1c2ccccc2C(=O)N1CC1CCC(c2ccccc2)O1. The lowest BCUT2D eigenvalue weighted by molar-refractivity contribution is 0.0217. The molecule has 0 N–H and O–H groups in total. The smallest absolute Gasteiger partial charge is 0.261 e. The van der Waals surface area contributed by atoms with Crippen LogP contribution in [0.15, 0.2) is 54.6 Å². The molecule has 1 saturated heterocycles. The van der Waals surface area contributed by atoms with Gasteiger partial charge in [-0.05, 0) is 30.5 Å². The van der Waals surface area contributed by atoms with Crippen LogP contribution in [-0.4, -0.2) is 29.4 Å². The van der Waals surface area contributed by atoms with Gasteiger partial charge in [-0.3, -0.25) is 14.5 Å². The van der Waals surface area contributed by atoms with Gasteiger partial charge in [-0.25, -0.2) is 0 Å². The van der Waals surface area contributed by atoms with Crippen molar-refractivity contribution in [3.63, 3.8) is 0 Å². The number of fused-ring (bicyclic) bond motifs is 1. The first-order chi connectivity index (χ1) is 11.2. The highest BCUT2D eigenvalue weighted by molar-refractivity contribution is 6.21. The third-order valence-corrected chi connectivity index (χ3v) is 4.54. The summed E-state index contributed by atoms with van der Waals surface area (Å²) in [4.78, 5) is 26.1. The fourth-order valence-corrected chi connectivity index (χ4v) is 3.36. The zero-order valence-electron chi connectivity index (χ0n) is 12.6. The second kappa shape index (κ2) is 5.63. The van der Waals surface area contributed by atoms with Gasteiger partial charge in [0.15, 0.2) is 0 Å². The molecular formula is C19H17NO3. The van der Waals surface area contributed by atoms with E-state index in [1.807, 2.05) is 18.2 Å². The Balaban J connectivity index is 1.46. The highest BCUT2D eigenvalue weighted by Crippen LogP contribution is 2.34. The summed E-state index contributed by atoms with van der Waals surface area (Å²) in [5, 5.41) is 0. The molecule has 2 aromatic carbocycles. The van der Waals surface area contributed by atoms with Crippen molar-refractivity contribution in [2.24, 2.45) is 0 Å². The molecule has 2 amide bonds. The normalized spacial score (nSPS) is 23.4. The molecule has 0 aliphatic carbocycles. The van der Waals surface area contributed by atoms with Gasteiger partial charge in [0, 0.05) is 0 Å². The van der Waals surface area contributed by atoms with Gasteiger partial charge < -0.3 is 4.74 Å². The Bertz CT molecular complexity index is 721. The van der Waals surface area contributed by atoms with Gasteiger partial charge in [0.2, 0.25) is 0 Å². The molecule has 0 bridgehead atoms. The van der Waals surface area contributed by atoms with Crippen molar-refractivity contribution in [1.82, 2.24) is 4.90 Å². The summed E-state index contributed by atoms with van der Waals surface area (Å²) < 4.78 is 6.06. The fourth-order valence-electron chi connectivity index (χ4n) is 3.36. The molecule has 2 unspecified atom stereocenters. The van der Waals surface area contributed by atoms with Crippen LogP contribution in [0.5, 0.6) is 0 Å². The Morgan fingerprint density at radius 1 is 0.870 bits per heavy atom. The van der Waals surface area contributed by atoms with Crippen LogP contribution in [0.1, 0.15) is 45.2 Å². The van der Waals surface area contributed by atoms with Crippen LogP contribution < -0.4 is 0 Å². The Labute approximate surface area is 134 Å². The summed E-state index contributed by atoms with van der Waals surface area (Å²) in [7, 11) is 0. The summed E-state index contributed by atoms with van der Waals surface area (Å²) in [6.45, 7) is 0.329. The van der Waals surface area contributed by atoms with E-state index < -0.39 is 0 Å². The van der Waals surface area contributed by atoms with E-state index in [2.05, 4.69) is 12.1 Å². The minimum atomic E-state index is -0.211. The van der Waals surface area contributed by atoms with Crippen molar-refractivity contribution in [3.8, 4) is 0 Å². The number of ether oxygens (including phenoxy) is 1. The van der Waals surface area contributed by atoms with Crippen molar-refractivity contribution >= 4 is 11.8 Å². The maximum absolute atomic E-state index is 12.4. The molecule has 0 radical (unpaired) electrons. The standard InChI is InChI=1S/C19H17NO3/c21-18-15-8-4-5-9-16(15)19(22)20(18)12-14-10-11-17(23-14)13-6-2-1-3-7-13/h1-9,14,17H,10-12H2. The minimum absolute atomic E-state index is 0.0522. The number of imide groups is 1. The van der Waals surface area contributed by atoms with Crippen molar-refractivity contribution < 1.29 is 14.3 Å². The van der Waals surface area contributed by atoms with Crippen LogP contribution in [0.2, 0.25) is 0 Å². The largest absolute Gasteiger partial charge is 0.368 e. The Kier molecular flexibility index (Phi) is 3.46. The molecule has 2 heterocycles. The molecule has 1 fully saturated rings. The zero-order valence-corrected chi connectivity index (χ0v) is 12.6. The molecule has 4 heteroatoms. The summed E-state index contributed by atoms with van der Waals surface area (Å²) in [5.74, 6) is -0.422. The first kappa shape index (κ1) is 14.2. The molecule has 2 aliphatic heterocycles. The van der Waals surface area contributed by atoms with Crippen LogP contribution >= 0.6 is 0 Å². The van der Waals surface area contributed by atoms with E-state index in [1.54, 1.807) is 24.3 Å². The third kappa shape index (κ3) is 2.45. The number of benzene rings is 2. The van der Waals surface area contributed by atoms with E-state index in [0.717, 1.165) is 18.4 Å². The van der Waals surface area contributed by atoms with Gasteiger partial charge >= 0.3 is 0 Å². The lowest BCUT2D eigenvalue weighted by Gasteiger charge is -2.19. The third-order valence-electron chi connectivity index (χ3n) is 4.54. The summed E-state index contributed by atoms with van der Waals surface area (Å²) in [5.41, 5.74) is 2.14. The molecular weight excluding hydrogens is 290 g/mol. The average Bonchev–Trinajstić information content (AvgIpc) is 3.16. The van der Waals surface area contributed by atoms with Gasteiger partial charge in [-0.2, -0.15) is 0 Å². The van der Waals surface area contributed by atoms with E-state index >= 15 is 0 Å². The van der Waals surface area contributed by atoms with Gasteiger partial charge in [-0.1, -0.05) is 42.5 Å². The molecule has 116 valence electrons. The Morgan fingerprint density at radius 3 is 2.13 bits per heavy atom. The van der Waals surface area contributed by atoms with E-state index in [9.17, 15) is 9.59 Å². The highest BCUT2D eigenvalue weighted by Gasteiger charge is 2.38. The highest BCUT2D eigenvalue weighted by atomic mass is 16.5. The predicted molar refractivity (Wildman–Crippen MR) is 85.1 cm³/mol. The van der Waals surface area contributed by atoms with Crippen molar-refractivity contribution in [1.29, 1.82) is 0 Å². The van der Waals surface area contributed by atoms with Crippen LogP contribution in [0, 0.1) is 0 Å². The van der Waals surface area contributed by atoms with Gasteiger partial charge in [0.05, 0.1) is 29.9 Å². The summed E-state index contributed by atoms with van der Waals surface area (Å²) in [6, 6.07) is 17.1. The first-order valence-corrected chi connectivity index (χ1v) is 7.89. The van der Waals surface area contributed by atoms with Gasteiger partial charge in [-0.15, -0.1) is 0 Å². The van der Waals surface area contributed by atoms with E-state index in [4.69, 9.17) is 4.74 Å². The number of rotatable bonds is 3. The monoisotopic (exact) mass is 307 g/mol. The fraction of sp³-hybridized carbons (Fsp3) is 0.263. The topological polar surface area (TPSA) is 46.6 Å². The second-order valence-corrected chi connectivity index (χ2v) is 6.00. The van der Waals surface area contributed by atoms with Crippen LogP contribution in [0.4, 0.5) is 0 Å². The molecule has 2 aromatic rings. The number of amides is 2. The Morgan fingerprint density at radius 2 is 1.48 bits per heavy atom. The first-order valence-electron chi connectivity index (χ1n) is 7.89. The van der Waals surface area contributed by atoms with Crippen LogP contribution in [0.3, 0.4) is 0 Å². The van der Waals surface area contributed by atoms with Crippen molar-refractivity contribution in [3.05, 3.63) is 71.3 Å². The average molecular weight is 307 g/mol. The molecule has 23 heavy (non-hydrogen) atoms. The zero-order chi connectivity index (χ0) is 15.8. The molecule has 4 nitrogen and oxygen atoms in total. The van der Waals surface area contributed by atoms with E-state index in [-0.39, 0.29) is 24.0 Å². The van der Waals surface area contributed by atoms with Crippen LogP contribution in [0.25, 0.3) is 0 Å². The minimum Gasteiger partial charge on any atom is -0.368 e. The molecule has 2 atom stereocenters. The molecule has 4 rings (SSSR count). The maximum Gasteiger partial charge on any atom is 0.261 e. The lowest BCUT2D eigenvalue weighted by Crippen LogP contribution is -2.36. The van der Waals surface area contributed by atoms with E-state index in [0.29, 0.717) is 17.7 Å². The quantitative estimate of drug-likeness (QED) is 0.818. The second-order valence-electron chi connectivity index (χ2n) is 6.00. The number of carbonyl (C=O) groups excluding carboxylic acids is 2. The number of nitrogens with zero attached hydrogens (tertiary/aromatic N) is 1. The van der Waals surface area contributed by atoms with E-state index in [1.165, 1.54) is 4.90 Å². The summed E-state index contributed by atoms with van der Waals surface area (Å²) >= 11 is 0. The molecule has 2 aliphatic rings. The molecule has 0 aromatic heterocycles.